The summed E-state index contributed by atoms with van der Waals surface area (Å²) in [7, 11) is 0. The van der Waals surface area contributed by atoms with Gasteiger partial charge in [0.05, 0.1) is 13.2 Å². The molecule has 0 aliphatic rings. The van der Waals surface area contributed by atoms with Gasteiger partial charge in [-0.25, -0.2) is 9.78 Å². The second kappa shape index (κ2) is 8.84. The highest BCUT2D eigenvalue weighted by Gasteiger charge is 2.15. The topological polar surface area (TPSA) is 69.7 Å². The summed E-state index contributed by atoms with van der Waals surface area (Å²) in [6, 6.07) is 5.44. The molecule has 0 unspecified atom stereocenters. The molecule has 0 aromatic carbocycles. The smallest absolute Gasteiger partial charge is 0.407 e. The van der Waals surface area contributed by atoms with E-state index in [1.807, 2.05) is 32.9 Å². The minimum atomic E-state index is -0.490. The molecular weight excluding hydrogens is 340 g/mol. The lowest BCUT2D eigenvalue weighted by molar-refractivity contribution is 0.0488. The third-order valence-corrected chi connectivity index (χ3v) is 2.52. The Balaban J connectivity index is 2.01. The van der Waals surface area contributed by atoms with Crippen molar-refractivity contribution in [2.75, 3.05) is 26.4 Å². The normalized spacial score (nSPS) is 11.0. The number of ether oxygens (including phenoxy) is 3. The third-order valence-electron chi connectivity index (χ3n) is 2.08. The molecule has 0 spiro atoms. The van der Waals surface area contributed by atoms with E-state index in [1.165, 1.54) is 0 Å². The SMILES string of the molecule is CC(C)(C)OC(=O)NCCOCCOc1cccc(Br)n1. The van der Waals surface area contributed by atoms with Crippen molar-refractivity contribution in [1.29, 1.82) is 0 Å². The van der Waals surface area contributed by atoms with Gasteiger partial charge in [0, 0.05) is 12.6 Å². The predicted molar refractivity (Wildman–Crippen MR) is 82.5 cm³/mol. The fraction of sp³-hybridized carbons (Fsp3) is 0.571. The zero-order valence-electron chi connectivity index (χ0n) is 12.5. The van der Waals surface area contributed by atoms with Gasteiger partial charge in [0.2, 0.25) is 5.88 Å². The van der Waals surface area contributed by atoms with Crippen LogP contribution < -0.4 is 10.1 Å². The number of carbonyl (C=O) groups excluding carboxylic acids is 1. The average molecular weight is 361 g/mol. The van der Waals surface area contributed by atoms with E-state index in [1.54, 1.807) is 6.07 Å². The van der Waals surface area contributed by atoms with Gasteiger partial charge in [-0.15, -0.1) is 0 Å². The Hall–Kier alpha value is -1.34. The monoisotopic (exact) mass is 360 g/mol. The van der Waals surface area contributed by atoms with Crippen molar-refractivity contribution >= 4 is 22.0 Å². The maximum absolute atomic E-state index is 11.3. The molecule has 1 aromatic heterocycles. The van der Waals surface area contributed by atoms with Crippen molar-refractivity contribution in [2.45, 2.75) is 26.4 Å². The number of rotatable bonds is 7. The number of nitrogens with one attached hydrogen (secondary N) is 1. The Morgan fingerprint density at radius 2 is 2.05 bits per heavy atom. The van der Waals surface area contributed by atoms with Gasteiger partial charge in [-0.3, -0.25) is 0 Å². The molecule has 6 nitrogen and oxygen atoms in total. The molecule has 0 fully saturated rings. The molecule has 1 aromatic rings. The summed E-state index contributed by atoms with van der Waals surface area (Å²) in [6.45, 7) is 7.06. The molecule has 1 amide bonds. The number of hydrogen-bond donors (Lipinski definition) is 1. The van der Waals surface area contributed by atoms with Crippen molar-refractivity contribution in [1.82, 2.24) is 10.3 Å². The Morgan fingerprint density at radius 3 is 2.71 bits per heavy atom. The number of hydrogen-bond acceptors (Lipinski definition) is 5. The van der Waals surface area contributed by atoms with Gasteiger partial charge in [0.25, 0.3) is 0 Å². The molecule has 0 bridgehead atoms. The molecule has 0 radical (unpaired) electrons. The third kappa shape index (κ3) is 9.25. The molecule has 21 heavy (non-hydrogen) atoms. The number of alkyl carbamates (subject to hydrolysis) is 1. The number of amides is 1. The maximum Gasteiger partial charge on any atom is 0.407 e. The van der Waals surface area contributed by atoms with Crippen LogP contribution in [-0.4, -0.2) is 43.0 Å². The number of nitrogens with zero attached hydrogens (tertiary/aromatic N) is 1. The second-order valence-corrected chi connectivity index (χ2v) is 6.00. The molecule has 0 aliphatic heterocycles. The Bertz CT molecular complexity index is 449. The highest BCUT2D eigenvalue weighted by atomic mass is 79.9. The van der Waals surface area contributed by atoms with Crippen molar-refractivity contribution in [3.05, 3.63) is 22.8 Å². The van der Waals surface area contributed by atoms with E-state index in [0.717, 1.165) is 4.60 Å². The standard InChI is InChI=1S/C14H21BrN2O4/c1-14(2,3)21-13(18)16-7-8-19-9-10-20-12-6-4-5-11(15)17-12/h4-6H,7-10H2,1-3H3,(H,16,18). The number of aromatic nitrogens is 1. The summed E-state index contributed by atoms with van der Waals surface area (Å²) in [4.78, 5) is 15.5. The molecule has 7 heteroatoms. The zero-order chi connectivity index (χ0) is 15.7. The highest BCUT2D eigenvalue weighted by Crippen LogP contribution is 2.11. The molecule has 0 atom stereocenters. The van der Waals surface area contributed by atoms with Crippen molar-refractivity contribution in [3.8, 4) is 5.88 Å². The summed E-state index contributed by atoms with van der Waals surface area (Å²) in [6.07, 6.45) is -0.444. The Kier molecular flexibility index (Phi) is 7.45. The number of halogens is 1. The van der Waals surface area contributed by atoms with Crippen LogP contribution >= 0.6 is 15.9 Å². The minimum Gasteiger partial charge on any atom is -0.475 e. The van der Waals surface area contributed by atoms with Gasteiger partial charge in [-0.05, 0) is 42.8 Å². The van der Waals surface area contributed by atoms with Crippen molar-refractivity contribution < 1.29 is 19.0 Å². The van der Waals surface area contributed by atoms with Gasteiger partial charge in [0.1, 0.15) is 16.8 Å². The van der Waals surface area contributed by atoms with E-state index in [4.69, 9.17) is 14.2 Å². The quantitative estimate of drug-likeness (QED) is 0.597. The lowest BCUT2D eigenvalue weighted by Gasteiger charge is -2.19. The van der Waals surface area contributed by atoms with Crippen LogP contribution in [0.25, 0.3) is 0 Å². The van der Waals surface area contributed by atoms with E-state index in [-0.39, 0.29) is 0 Å². The molecule has 0 saturated heterocycles. The number of carbonyl (C=O) groups is 1. The van der Waals surface area contributed by atoms with Gasteiger partial charge in [-0.1, -0.05) is 6.07 Å². The van der Waals surface area contributed by atoms with E-state index in [9.17, 15) is 4.79 Å². The molecule has 1 rings (SSSR count). The van der Waals surface area contributed by atoms with Crippen LogP contribution in [-0.2, 0) is 9.47 Å². The van der Waals surface area contributed by atoms with Gasteiger partial charge in [-0.2, -0.15) is 0 Å². The predicted octanol–water partition coefficient (Wildman–Crippen LogP) is 2.76. The van der Waals surface area contributed by atoms with Gasteiger partial charge >= 0.3 is 6.09 Å². The Morgan fingerprint density at radius 1 is 1.29 bits per heavy atom. The van der Waals surface area contributed by atoms with E-state index >= 15 is 0 Å². The molecule has 1 heterocycles. The van der Waals surface area contributed by atoms with Crippen LogP contribution in [0.5, 0.6) is 5.88 Å². The van der Waals surface area contributed by atoms with Crippen LogP contribution in [0.15, 0.2) is 22.8 Å². The first-order valence-electron chi connectivity index (χ1n) is 6.67. The van der Waals surface area contributed by atoms with Crippen LogP contribution in [0.2, 0.25) is 0 Å². The first-order valence-corrected chi connectivity index (χ1v) is 7.46. The minimum absolute atomic E-state index is 0.393. The fourth-order valence-electron chi connectivity index (χ4n) is 1.32. The summed E-state index contributed by atoms with van der Waals surface area (Å²) in [5.41, 5.74) is -0.490. The van der Waals surface area contributed by atoms with E-state index in [0.29, 0.717) is 32.2 Å². The summed E-state index contributed by atoms with van der Waals surface area (Å²) < 4.78 is 16.5. The molecule has 1 N–H and O–H groups in total. The van der Waals surface area contributed by atoms with E-state index < -0.39 is 11.7 Å². The van der Waals surface area contributed by atoms with Crippen LogP contribution in [0.3, 0.4) is 0 Å². The van der Waals surface area contributed by atoms with Crippen molar-refractivity contribution in [2.24, 2.45) is 0 Å². The van der Waals surface area contributed by atoms with E-state index in [2.05, 4.69) is 26.2 Å². The Labute approximate surface area is 133 Å². The van der Waals surface area contributed by atoms with Crippen LogP contribution in [0.1, 0.15) is 20.8 Å². The molecule has 0 aliphatic carbocycles. The van der Waals surface area contributed by atoms with Crippen molar-refractivity contribution in [3.63, 3.8) is 0 Å². The van der Waals surface area contributed by atoms with Crippen LogP contribution in [0.4, 0.5) is 4.79 Å². The fourth-order valence-corrected chi connectivity index (χ4v) is 1.64. The number of pyridine rings is 1. The van der Waals surface area contributed by atoms with Gasteiger partial charge in [0.15, 0.2) is 0 Å². The largest absolute Gasteiger partial charge is 0.475 e. The highest BCUT2D eigenvalue weighted by molar-refractivity contribution is 9.10. The summed E-state index contributed by atoms with van der Waals surface area (Å²) in [5.74, 6) is 0.542. The molecular formula is C14H21BrN2O4. The summed E-state index contributed by atoms with van der Waals surface area (Å²) in [5, 5.41) is 2.61. The molecule has 118 valence electrons. The second-order valence-electron chi connectivity index (χ2n) is 5.19. The van der Waals surface area contributed by atoms with Gasteiger partial charge < -0.3 is 19.5 Å². The first kappa shape index (κ1) is 17.7. The first-order chi connectivity index (χ1) is 9.87. The zero-order valence-corrected chi connectivity index (χ0v) is 14.1. The lowest BCUT2D eigenvalue weighted by atomic mass is 10.2. The lowest BCUT2D eigenvalue weighted by Crippen LogP contribution is -2.34. The van der Waals surface area contributed by atoms with Crippen LogP contribution in [0, 0.1) is 0 Å². The average Bonchev–Trinajstić information content (AvgIpc) is 2.35. The molecule has 0 saturated carbocycles. The summed E-state index contributed by atoms with van der Waals surface area (Å²) >= 11 is 3.27. The maximum atomic E-state index is 11.3.